The van der Waals surface area contributed by atoms with Crippen molar-refractivity contribution in [1.82, 2.24) is 0 Å². The van der Waals surface area contributed by atoms with Crippen LogP contribution in [0.2, 0.25) is 0 Å². The minimum absolute atomic E-state index is 0.0768. The molecule has 1 aromatic heterocycles. The van der Waals surface area contributed by atoms with Crippen LogP contribution in [0.25, 0.3) is 11.3 Å². The zero-order valence-electron chi connectivity index (χ0n) is 16.3. The molecule has 0 aliphatic rings. The maximum absolute atomic E-state index is 7.97. The van der Waals surface area contributed by atoms with Crippen molar-refractivity contribution >= 4 is 0 Å². The molecule has 0 aliphatic carbocycles. The molecule has 0 saturated carbocycles. The highest BCUT2D eigenvalue weighted by Gasteiger charge is 2.11. The van der Waals surface area contributed by atoms with Crippen LogP contribution < -0.4 is 4.57 Å². The third kappa shape index (κ3) is 1.99. The first-order valence-corrected chi connectivity index (χ1v) is 5.04. The molecule has 0 atom stereocenters. The van der Waals surface area contributed by atoms with E-state index in [1.165, 1.54) is 18.2 Å². The summed E-state index contributed by atoms with van der Waals surface area (Å²) in [5, 5.41) is 0. The summed E-state index contributed by atoms with van der Waals surface area (Å²) in [6.45, 7) is -2.71. The molecule has 0 spiro atoms. The van der Waals surface area contributed by atoms with Crippen molar-refractivity contribution in [3.63, 3.8) is 0 Å². The van der Waals surface area contributed by atoms with Crippen molar-refractivity contribution in [3.05, 3.63) is 53.2 Å². The summed E-state index contributed by atoms with van der Waals surface area (Å²) >= 11 is 0. The smallest absolute Gasteiger partial charge is 0.201 e. The van der Waals surface area contributed by atoms with Gasteiger partial charge in [0, 0.05) is 25.9 Å². The van der Waals surface area contributed by atoms with Crippen molar-refractivity contribution in [1.29, 1.82) is 0 Å². The number of aryl methyl sites for hydroxylation is 3. The molecule has 2 aromatic rings. The van der Waals surface area contributed by atoms with Crippen molar-refractivity contribution < 1.29 is 14.2 Å². The van der Waals surface area contributed by atoms with Gasteiger partial charge >= 0.3 is 0 Å². The molecule has 1 nitrogen and oxygen atoms in total. The number of hydrogen-bond acceptors (Lipinski definition) is 0. The normalized spacial score (nSPS) is 18.5. The Morgan fingerprint density at radius 2 is 1.88 bits per heavy atom. The zero-order valence-corrected chi connectivity index (χ0v) is 9.33. The minimum atomic E-state index is -2.30. The quantitative estimate of drug-likeness (QED) is 0.649. The second-order valence-electron chi connectivity index (χ2n) is 3.85. The summed E-state index contributed by atoms with van der Waals surface area (Å²) in [6.07, 6.45) is 0.0768. The number of aromatic nitrogens is 1. The largest absolute Gasteiger partial charge is 0.212 e. The summed E-state index contributed by atoms with van der Waals surface area (Å²) in [6, 6.07) is 7.61. The van der Waals surface area contributed by atoms with Gasteiger partial charge in [0.15, 0.2) is 6.17 Å². The first-order chi connectivity index (χ1) is 10.4. The van der Waals surface area contributed by atoms with E-state index in [9.17, 15) is 0 Å². The van der Waals surface area contributed by atoms with Crippen LogP contribution in [0.1, 0.15) is 26.3 Å². The highest BCUT2D eigenvalue weighted by Crippen LogP contribution is 2.21. The molecule has 1 heteroatoms. The Hall–Kier alpha value is -1.63. The predicted octanol–water partition coefficient (Wildman–Crippen LogP) is 3.10. The number of rotatable bonds is 1. The summed E-state index contributed by atoms with van der Waals surface area (Å²) in [5.41, 5.74) is 2.32. The molecule has 0 N–H and O–H groups in total. The molecule has 0 bridgehead atoms. The van der Waals surface area contributed by atoms with E-state index in [1.807, 2.05) is 0 Å². The molecule has 0 aliphatic heterocycles. The second kappa shape index (κ2) is 4.09. The Morgan fingerprint density at radius 3 is 2.56 bits per heavy atom. The molecular formula is C15H18N+. The van der Waals surface area contributed by atoms with Crippen LogP contribution in [0.15, 0.2) is 36.5 Å². The summed E-state index contributed by atoms with van der Waals surface area (Å²) < 4.78 is 54.5. The summed E-state index contributed by atoms with van der Waals surface area (Å²) in [7, 11) is 1.68. The van der Waals surface area contributed by atoms with E-state index in [-0.39, 0.29) is 17.3 Å². The molecule has 82 valence electrons. The first-order valence-electron chi connectivity index (χ1n) is 8.54. The Morgan fingerprint density at radius 1 is 1.12 bits per heavy atom. The van der Waals surface area contributed by atoms with Gasteiger partial charge in [-0.05, 0) is 37.8 Å². The third-order valence-electron chi connectivity index (χ3n) is 2.57. The van der Waals surface area contributed by atoms with E-state index in [0.29, 0.717) is 11.3 Å². The van der Waals surface area contributed by atoms with Crippen molar-refractivity contribution in [3.8, 4) is 11.3 Å². The summed E-state index contributed by atoms with van der Waals surface area (Å²) in [4.78, 5) is 0. The second-order valence-corrected chi connectivity index (χ2v) is 3.85. The average molecular weight is 219 g/mol. The van der Waals surface area contributed by atoms with Gasteiger partial charge in [-0.25, -0.2) is 4.57 Å². The molecule has 2 rings (SSSR count). The zero-order chi connectivity index (χ0) is 17.6. The molecule has 0 radical (unpaired) electrons. The van der Waals surface area contributed by atoms with E-state index in [2.05, 4.69) is 0 Å². The third-order valence-corrected chi connectivity index (χ3v) is 2.57. The van der Waals surface area contributed by atoms with Crippen LogP contribution >= 0.6 is 0 Å². The maximum atomic E-state index is 7.97. The molecule has 0 unspecified atom stereocenters. The first kappa shape index (κ1) is 5.13. The topological polar surface area (TPSA) is 3.88 Å². The van der Waals surface area contributed by atoms with Crippen LogP contribution in [0.3, 0.4) is 0 Å². The average Bonchev–Trinajstić information content (AvgIpc) is 2.39. The van der Waals surface area contributed by atoms with E-state index in [4.69, 9.17) is 9.60 Å². The fourth-order valence-corrected chi connectivity index (χ4v) is 1.73. The van der Waals surface area contributed by atoms with Crippen LogP contribution in [0.4, 0.5) is 0 Å². The van der Waals surface area contributed by atoms with Crippen LogP contribution in [-0.2, 0) is 7.05 Å². The fourth-order valence-electron chi connectivity index (χ4n) is 1.73. The van der Waals surface area contributed by atoms with Gasteiger partial charge in [0.25, 0.3) is 0 Å². The molecule has 0 amide bonds. The lowest BCUT2D eigenvalue weighted by molar-refractivity contribution is -0.660. The van der Waals surface area contributed by atoms with Crippen LogP contribution in [0.5, 0.6) is 0 Å². The van der Waals surface area contributed by atoms with Gasteiger partial charge in [0.1, 0.15) is 8.42 Å². The number of benzene rings is 1. The number of nitrogens with zero attached hydrogens (tertiary/aromatic N) is 1. The Kier molecular flexibility index (Phi) is 1.31. The Balaban J connectivity index is 2.65. The lowest BCUT2D eigenvalue weighted by Gasteiger charge is -2.06. The lowest BCUT2D eigenvalue weighted by atomic mass is 10.0. The van der Waals surface area contributed by atoms with Gasteiger partial charge in [-0.3, -0.25) is 0 Å². The summed E-state index contributed by atoms with van der Waals surface area (Å²) in [5.74, 6) is 0. The number of hydrogen-bond donors (Lipinski definition) is 0. The monoisotopic (exact) mass is 219 g/mol. The molecule has 16 heavy (non-hydrogen) atoms. The lowest BCUT2D eigenvalue weighted by Crippen LogP contribution is -2.30. The number of pyridine rings is 1. The molecule has 0 saturated heterocycles. The Bertz CT molecular complexity index is 745. The van der Waals surface area contributed by atoms with Crippen molar-refractivity contribution in [2.75, 3.05) is 0 Å². The fraction of sp³-hybridized carbons (Fsp3) is 0.267. The van der Waals surface area contributed by atoms with E-state index < -0.39 is 13.7 Å². The van der Waals surface area contributed by atoms with Gasteiger partial charge in [-0.2, -0.15) is 0 Å². The van der Waals surface area contributed by atoms with Crippen molar-refractivity contribution in [2.45, 2.75) is 20.6 Å². The highest BCUT2D eigenvalue weighted by molar-refractivity contribution is 5.61. The van der Waals surface area contributed by atoms with Gasteiger partial charge in [0.05, 0.1) is 0 Å². The Labute approximate surface area is 107 Å². The van der Waals surface area contributed by atoms with E-state index >= 15 is 0 Å². The van der Waals surface area contributed by atoms with Gasteiger partial charge in [-0.15, -0.1) is 0 Å². The van der Waals surface area contributed by atoms with Gasteiger partial charge in [-0.1, -0.05) is 17.7 Å². The van der Waals surface area contributed by atoms with Crippen molar-refractivity contribution in [2.24, 2.45) is 7.05 Å². The van der Waals surface area contributed by atoms with E-state index in [1.54, 1.807) is 30.7 Å². The van der Waals surface area contributed by atoms with Gasteiger partial charge in [0.2, 0.25) is 5.69 Å². The molecule has 0 fully saturated rings. The molecule has 1 aromatic carbocycles. The SMILES string of the molecule is [2H]c1cc(C([2H])([2H])[2H])cc(-c2ccc(C([2H])([2H])[2H])cc2C)[n+]1C. The van der Waals surface area contributed by atoms with Crippen LogP contribution in [0, 0.1) is 20.6 Å². The standard InChI is InChI=1S/C15H18N/c1-11-5-6-14(13(3)9-11)15-10-12(2)7-8-16(15)4/h5-10H,1-4H3/q+1/i1D3,2D3,8D. The van der Waals surface area contributed by atoms with E-state index in [0.717, 1.165) is 5.56 Å². The molecular weight excluding hydrogens is 194 g/mol. The maximum Gasteiger partial charge on any atom is 0.212 e. The van der Waals surface area contributed by atoms with Crippen LogP contribution in [-0.4, -0.2) is 0 Å². The predicted molar refractivity (Wildman–Crippen MR) is 67.3 cm³/mol. The minimum Gasteiger partial charge on any atom is -0.201 e. The highest BCUT2D eigenvalue weighted by atomic mass is 14.9. The molecule has 1 heterocycles. The van der Waals surface area contributed by atoms with Gasteiger partial charge < -0.3 is 0 Å².